The molecule has 1 aromatic heterocycles. The number of amides is 1. The third-order valence-corrected chi connectivity index (χ3v) is 4.06. The highest BCUT2D eigenvalue weighted by Gasteiger charge is 2.48. The van der Waals surface area contributed by atoms with E-state index in [9.17, 15) is 19.6 Å². The molecule has 1 amide bonds. The van der Waals surface area contributed by atoms with Crippen LogP contribution in [0.3, 0.4) is 0 Å². The van der Waals surface area contributed by atoms with Crippen LogP contribution in [0.2, 0.25) is 0 Å². The number of aromatic nitrogens is 1. The fourth-order valence-electron chi connectivity index (χ4n) is 2.16. The average Bonchev–Trinajstić information content (AvgIpc) is 2.72. The van der Waals surface area contributed by atoms with E-state index in [0.717, 1.165) is 0 Å². The van der Waals surface area contributed by atoms with Gasteiger partial charge in [0.25, 0.3) is 12.1 Å². The van der Waals surface area contributed by atoms with Gasteiger partial charge in [0.1, 0.15) is 17.8 Å². The van der Waals surface area contributed by atoms with Crippen molar-refractivity contribution in [2.75, 3.05) is 19.9 Å². The Kier molecular flexibility index (Phi) is 4.99. The van der Waals surface area contributed by atoms with Crippen LogP contribution in [0, 0.1) is 0 Å². The molecule has 4 unspecified atom stereocenters. The highest BCUT2D eigenvalue weighted by molar-refractivity contribution is 7.57. The normalized spacial score (nSPS) is 28.7. The van der Waals surface area contributed by atoms with Crippen molar-refractivity contribution in [2.24, 2.45) is 5.73 Å². The van der Waals surface area contributed by atoms with Crippen LogP contribution in [0.1, 0.15) is 16.6 Å². The van der Waals surface area contributed by atoms with E-state index in [1.807, 2.05) is 0 Å². The lowest BCUT2D eigenvalue weighted by Crippen LogP contribution is -2.46. The lowest BCUT2D eigenvalue weighted by Gasteiger charge is -2.15. The number of ether oxygens (including phenoxy) is 1. The summed E-state index contributed by atoms with van der Waals surface area (Å²) in [5.74, 6) is -0.611. The van der Waals surface area contributed by atoms with E-state index in [1.54, 1.807) is 12.3 Å². The summed E-state index contributed by atoms with van der Waals surface area (Å²) in [6.45, 7) is 2.80. The molecule has 122 valence electrons. The Bertz CT molecular complexity index is 604. The molecule has 4 atom stereocenters. The van der Waals surface area contributed by atoms with Gasteiger partial charge in [0.05, 0.1) is 6.61 Å². The molecule has 0 saturated carbocycles. The fourth-order valence-corrected chi connectivity index (χ4v) is 2.67. The predicted molar refractivity (Wildman–Crippen MR) is 76.5 cm³/mol. The number of pyridine rings is 1. The Morgan fingerprint density at radius 1 is 1.45 bits per heavy atom. The molecule has 0 aliphatic carbocycles. The maximum atomic E-state index is 11.6. The van der Waals surface area contributed by atoms with Gasteiger partial charge in [-0.05, 0) is 6.07 Å². The van der Waals surface area contributed by atoms with Crippen molar-refractivity contribution in [2.45, 2.75) is 24.5 Å². The monoisotopic (exact) mass is 331 g/mol. The van der Waals surface area contributed by atoms with E-state index in [2.05, 4.69) is 0 Å². The van der Waals surface area contributed by atoms with E-state index in [-0.39, 0.29) is 12.2 Å². The first-order valence-electron chi connectivity index (χ1n) is 6.71. The molecule has 22 heavy (non-hydrogen) atoms. The molecule has 9 heteroatoms. The van der Waals surface area contributed by atoms with Crippen LogP contribution in [0.5, 0.6) is 0 Å². The van der Waals surface area contributed by atoms with E-state index in [4.69, 9.17) is 15.0 Å². The van der Waals surface area contributed by atoms with Crippen molar-refractivity contribution < 1.29 is 33.4 Å². The minimum Gasteiger partial charge on any atom is -0.387 e. The Hall–Kier alpha value is -1.31. The lowest BCUT2D eigenvalue weighted by molar-refractivity contribution is -0.765. The van der Waals surface area contributed by atoms with Gasteiger partial charge in [0, 0.05) is 19.4 Å². The number of nitrogens with two attached hydrogens (primary N) is 1. The molecular formula is C13H20N2O6P+. The number of nitrogens with zero attached hydrogens (tertiary/aromatic N) is 1. The summed E-state index contributed by atoms with van der Waals surface area (Å²) < 4.78 is 23.7. The molecule has 1 aliphatic heterocycles. The molecule has 1 saturated heterocycles. The van der Waals surface area contributed by atoms with E-state index >= 15 is 0 Å². The maximum Gasteiger partial charge on any atom is 0.292 e. The van der Waals surface area contributed by atoms with Crippen molar-refractivity contribution in [3.05, 3.63) is 30.1 Å². The number of aliphatic hydroxyl groups is 2. The fraction of sp³-hybridized carbons (Fsp3) is 0.538. The van der Waals surface area contributed by atoms with Crippen LogP contribution in [0.15, 0.2) is 24.5 Å². The van der Waals surface area contributed by atoms with Gasteiger partial charge in [-0.1, -0.05) is 0 Å². The molecule has 0 aromatic carbocycles. The molecule has 2 rings (SSSR count). The van der Waals surface area contributed by atoms with Crippen LogP contribution >= 0.6 is 7.37 Å². The first-order chi connectivity index (χ1) is 10.2. The number of rotatable bonds is 5. The second-order valence-corrected chi connectivity index (χ2v) is 8.26. The summed E-state index contributed by atoms with van der Waals surface area (Å²) in [5.41, 5.74) is 5.46. The number of carbonyl (C=O) groups excluding carboxylic acids is 1. The van der Waals surface area contributed by atoms with Gasteiger partial charge in [0.15, 0.2) is 25.9 Å². The average molecular weight is 331 g/mol. The third kappa shape index (κ3) is 3.91. The number of aliphatic hydroxyl groups excluding tert-OH is 2. The van der Waals surface area contributed by atoms with E-state index < -0.39 is 37.8 Å². The number of hydrogen-bond donors (Lipinski definition) is 3. The highest BCUT2D eigenvalue weighted by Crippen LogP contribution is 2.38. The third-order valence-electron chi connectivity index (χ3n) is 3.29. The van der Waals surface area contributed by atoms with Crippen LogP contribution in [0.4, 0.5) is 0 Å². The van der Waals surface area contributed by atoms with Gasteiger partial charge in [-0.15, -0.1) is 0 Å². The molecule has 1 fully saturated rings. The molecule has 8 nitrogen and oxygen atoms in total. The van der Waals surface area contributed by atoms with Crippen molar-refractivity contribution in [3.63, 3.8) is 0 Å². The standard InChI is InChI=1S/C13H19N2O6P/c1-22(2,19)20-7-9-10(16)11(17)13(21-9)15-5-3-4-8(6-15)12(14)18/h3-6,9-11,13,16-17H,7H2,1-2H3,(H-,14,18)/p+1. The minimum atomic E-state index is -2.72. The first kappa shape index (κ1) is 17.1. The van der Waals surface area contributed by atoms with Gasteiger partial charge in [-0.3, -0.25) is 9.36 Å². The SMILES string of the molecule is CP(C)(=O)OCC1OC([n+]2cccc(C(N)=O)c2)C(O)C1O. The van der Waals surface area contributed by atoms with Crippen molar-refractivity contribution in [3.8, 4) is 0 Å². The molecular weight excluding hydrogens is 311 g/mol. The quantitative estimate of drug-likeness (QED) is 0.482. The van der Waals surface area contributed by atoms with Gasteiger partial charge in [-0.2, -0.15) is 4.57 Å². The molecule has 0 bridgehead atoms. The second kappa shape index (κ2) is 6.44. The number of carbonyl (C=O) groups is 1. The van der Waals surface area contributed by atoms with Crippen molar-refractivity contribution >= 4 is 13.3 Å². The van der Waals surface area contributed by atoms with Crippen molar-refractivity contribution in [1.82, 2.24) is 0 Å². The maximum absolute atomic E-state index is 11.6. The van der Waals surface area contributed by atoms with Gasteiger partial charge < -0.3 is 25.2 Å². The second-order valence-electron chi connectivity index (χ2n) is 5.50. The summed E-state index contributed by atoms with van der Waals surface area (Å²) in [7, 11) is -2.72. The molecule has 1 aliphatic rings. The van der Waals surface area contributed by atoms with Crippen LogP contribution in [-0.4, -0.2) is 54.4 Å². The molecule has 0 spiro atoms. The lowest BCUT2D eigenvalue weighted by atomic mass is 10.1. The van der Waals surface area contributed by atoms with E-state index in [0.29, 0.717) is 0 Å². The Morgan fingerprint density at radius 3 is 2.73 bits per heavy atom. The topological polar surface area (TPSA) is 123 Å². The Labute approximate surface area is 127 Å². The minimum absolute atomic E-state index is 0.102. The van der Waals surface area contributed by atoms with Crippen LogP contribution in [-0.2, 0) is 13.8 Å². The summed E-state index contributed by atoms with van der Waals surface area (Å²) >= 11 is 0. The summed E-state index contributed by atoms with van der Waals surface area (Å²) in [6.07, 6.45) is -1.11. The largest absolute Gasteiger partial charge is 0.387 e. The summed E-state index contributed by atoms with van der Waals surface area (Å²) in [5, 5.41) is 20.1. The molecule has 1 aromatic rings. The predicted octanol–water partition coefficient (Wildman–Crippen LogP) is -0.753. The molecule has 0 radical (unpaired) electrons. The van der Waals surface area contributed by atoms with Crippen molar-refractivity contribution in [1.29, 1.82) is 0 Å². The number of primary amides is 1. The summed E-state index contributed by atoms with van der Waals surface area (Å²) in [6, 6.07) is 3.11. The zero-order valence-corrected chi connectivity index (χ0v) is 13.2. The zero-order valence-electron chi connectivity index (χ0n) is 12.3. The van der Waals surface area contributed by atoms with E-state index in [1.165, 1.54) is 30.2 Å². The smallest absolute Gasteiger partial charge is 0.292 e. The summed E-state index contributed by atoms with van der Waals surface area (Å²) in [4.78, 5) is 11.2. The van der Waals surface area contributed by atoms with Gasteiger partial charge >= 0.3 is 0 Å². The zero-order chi connectivity index (χ0) is 16.5. The van der Waals surface area contributed by atoms with Crippen LogP contribution < -0.4 is 10.3 Å². The Balaban J connectivity index is 2.14. The van der Waals surface area contributed by atoms with Gasteiger partial charge in [0.2, 0.25) is 0 Å². The molecule has 4 N–H and O–H groups in total. The first-order valence-corrected chi connectivity index (χ1v) is 9.22. The molecule has 2 heterocycles. The number of hydrogen-bond acceptors (Lipinski definition) is 6. The Morgan fingerprint density at radius 2 is 2.14 bits per heavy atom. The van der Waals surface area contributed by atoms with Crippen LogP contribution in [0.25, 0.3) is 0 Å². The highest BCUT2D eigenvalue weighted by atomic mass is 31.2. The van der Waals surface area contributed by atoms with Gasteiger partial charge in [-0.25, -0.2) is 0 Å².